The molecule has 7 nitrogen and oxygen atoms in total. The first-order valence-corrected chi connectivity index (χ1v) is 14.6. The van der Waals surface area contributed by atoms with Gasteiger partial charge in [0.2, 0.25) is 0 Å². The van der Waals surface area contributed by atoms with E-state index in [4.69, 9.17) is 0 Å². The number of amides is 1. The van der Waals surface area contributed by atoms with E-state index in [1.165, 1.54) is 0 Å². The number of aliphatic carboxylic acids is 1. The van der Waals surface area contributed by atoms with Crippen LogP contribution in [0.25, 0.3) is 0 Å². The van der Waals surface area contributed by atoms with Gasteiger partial charge in [0.1, 0.15) is 11.6 Å². The summed E-state index contributed by atoms with van der Waals surface area (Å²) < 4.78 is 0. The Morgan fingerprint density at radius 1 is 0.784 bits per heavy atom. The van der Waals surface area contributed by atoms with E-state index in [9.17, 15) is 29.2 Å². The van der Waals surface area contributed by atoms with Gasteiger partial charge in [0.05, 0.1) is 5.41 Å². The number of nitroso groups, excluding NO2 is 1. The zero-order valence-electron chi connectivity index (χ0n) is 23.6. The maximum Gasteiger partial charge on any atom is 0.309 e. The van der Waals surface area contributed by atoms with Crippen molar-refractivity contribution in [3.63, 3.8) is 0 Å². The van der Waals surface area contributed by atoms with E-state index in [1.54, 1.807) is 20.8 Å². The molecule has 2 saturated carbocycles. The maximum absolute atomic E-state index is 13.1. The summed E-state index contributed by atoms with van der Waals surface area (Å²) in [5, 5.41) is 12.1. The average molecular weight is 520 g/mol. The fourth-order valence-corrected chi connectivity index (χ4v) is 6.41. The number of carbonyl (C=O) groups is 4. The molecule has 0 aromatic heterocycles. The van der Waals surface area contributed by atoms with Crippen molar-refractivity contribution in [1.29, 1.82) is 0 Å². The fourth-order valence-electron chi connectivity index (χ4n) is 6.41. The van der Waals surface area contributed by atoms with Gasteiger partial charge < -0.3 is 5.11 Å². The lowest BCUT2D eigenvalue weighted by Gasteiger charge is -2.31. The number of nitrogens with zero attached hydrogens (tertiary/aromatic N) is 1. The molecule has 2 aliphatic carbocycles. The number of ketones is 2. The largest absolute Gasteiger partial charge is 0.481 e. The Morgan fingerprint density at radius 3 is 1.57 bits per heavy atom. The van der Waals surface area contributed by atoms with Crippen LogP contribution >= 0.6 is 0 Å². The first-order chi connectivity index (χ1) is 17.4. The van der Waals surface area contributed by atoms with Gasteiger partial charge in [-0.25, -0.2) is 0 Å². The summed E-state index contributed by atoms with van der Waals surface area (Å²) in [7, 11) is 0. The third-order valence-corrected chi connectivity index (χ3v) is 9.52. The molecule has 7 heteroatoms. The van der Waals surface area contributed by atoms with Crippen LogP contribution in [0, 0.1) is 39.4 Å². The topological polar surface area (TPSA) is 118 Å². The molecule has 1 amide bonds. The van der Waals surface area contributed by atoms with Gasteiger partial charge in [-0.1, -0.05) is 52.9 Å². The van der Waals surface area contributed by atoms with Gasteiger partial charge in [0.25, 0.3) is 5.91 Å². The van der Waals surface area contributed by atoms with Gasteiger partial charge in [-0.15, -0.1) is 4.91 Å². The highest BCUT2D eigenvalue weighted by molar-refractivity contribution is 5.85. The van der Waals surface area contributed by atoms with Crippen LogP contribution in [0.4, 0.5) is 0 Å². The second kappa shape index (κ2) is 14.3. The van der Waals surface area contributed by atoms with E-state index >= 15 is 0 Å². The highest BCUT2D eigenvalue weighted by Crippen LogP contribution is 2.37. The van der Waals surface area contributed by atoms with E-state index in [-0.39, 0.29) is 23.7 Å². The quantitative estimate of drug-likeness (QED) is 0.227. The van der Waals surface area contributed by atoms with Crippen molar-refractivity contribution >= 4 is 23.4 Å². The molecular formula is C30H49NO6. The molecule has 1 N–H and O–H groups in total. The molecule has 0 aliphatic heterocycles. The summed E-state index contributed by atoms with van der Waals surface area (Å²) in [6.45, 7) is 7.17. The summed E-state index contributed by atoms with van der Waals surface area (Å²) in [5.74, 6) is -0.437. The van der Waals surface area contributed by atoms with Crippen LogP contribution in [-0.4, -0.2) is 28.5 Å². The van der Waals surface area contributed by atoms with Crippen molar-refractivity contribution in [1.82, 2.24) is 0 Å². The zero-order chi connectivity index (χ0) is 27.6. The number of rotatable bonds is 15. The van der Waals surface area contributed by atoms with Crippen LogP contribution in [0.2, 0.25) is 0 Å². The first kappa shape index (κ1) is 31.3. The van der Waals surface area contributed by atoms with E-state index in [2.05, 4.69) is 5.18 Å². The van der Waals surface area contributed by atoms with E-state index < -0.39 is 22.7 Å². The molecule has 2 fully saturated rings. The minimum atomic E-state index is -0.769. The third kappa shape index (κ3) is 8.81. The molecule has 37 heavy (non-hydrogen) atoms. The molecule has 0 spiro atoms. The standard InChI is InChI=1S/C30H49NO6/c1-5-30(4,28(35)36)20-10-18-24-16-8-14-22(26(24)33)12-6-11-21-13-7-15-23(25(21)32)17-9-19-29(2,3)27(34)31-37/h21-24H,5-20H2,1-4H3,(H,35,36). The van der Waals surface area contributed by atoms with Gasteiger partial charge in [-0.2, -0.15) is 0 Å². The Bertz CT molecular complexity index is 821. The predicted molar refractivity (Wildman–Crippen MR) is 144 cm³/mol. The van der Waals surface area contributed by atoms with Crippen LogP contribution in [0.3, 0.4) is 0 Å². The molecule has 0 bridgehead atoms. The summed E-state index contributed by atoms with van der Waals surface area (Å²) in [6, 6.07) is 0. The lowest BCUT2D eigenvalue weighted by molar-refractivity contribution is -0.148. The molecule has 5 atom stereocenters. The van der Waals surface area contributed by atoms with Crippen LogP contribution in [-0.2, 0) is 19.2 Å². The highest BCUT2D eigenvalue weighted by atomic mass is 16.4. The average Bonchev–Trinajstić information content (AvgIpc) is 2.86. The van der Waals surface area contributed by atoms with Crippen LogP contribution in [0.15, 0.2) is 5.18 Å². The van der Waals surface area contributed by atoms with Crippen molar-refractivity contribution < 1.29 is 24.3 Å². The van der Waals surface area contributed by atoms with Crippen LogP contribution < -0.4 is 0 Å². The van der Waals surface area contributed by atoms with Crippen LogP contribution in [0.1, 0.15) is 130 Å². The SMILES string of the molecule is CCC(C)(CCCC1CCCC(CCCC2CCCC(CCCC(C)(C)C(=O)N=O)C2=O)C1=O)C(=O)O. The Balaban J connectivity index is 1.76. The molecule has 0 radical (unpaired) electrons. The van der Waals surface area contributed by atoms with E-state index in [1.807, 2.05) is 6.92 Å². The van der Waals surface area contributed by atoms with Crippen molar-refractivity contribution in [2.45, 2.75) is 130 Å². The van der Waals surface area contributed by atoms with Crippen molar-refractivity contribution in [2.75, 3.05) is 0 Å². The van der Waals surface area contributed by atoms with Gasteiger partial charge in [0.15, 0.2) is 0 Å². The van der Waals surface area contributed by atoms with Gasteiger partial charge in [0, 0.05) is 34.3 Å². The number of Topliss-reactive ketones (excluding diaryl/α,β-unsaturated/α-hetero) is 2. The molecule has 0 aromatic rings. The predicted octanol–water partition coefficient (Wildman–Crippen LogP) is 7.29. The van der Waals surface area contributed by atoms with Crippen molar-refractivity contribution in [3.8, 4) is 0 Å². The summed E-state index contributed by atoms with van der Waals surface area (Å²) in [5.41, 5.74) is -1.48. The second-order valence-electron chi connectivity index (χ2n) is 12.7. The lowest BCUT2D eigenvalue weighted by atomic mass is 9.73. The smallest absolute Gasteiger partial charge is 0.309 e. The number of hydrogen-bond donors (Lipinski definition) is 1. The molecular weight excluding hydrogens is 470 g/mol. The minimum Gasteiger partial charge on any atom is -0.481 e. The summed E-state index contributed by atoms with van der Waals surface area (Å²) in [4.78, 5) is 60.0. The Morgan fingerprint density at radius 2 is 1.19 bits per heavy atom. The van der Waals surface area contributed by atoms with Crippen molar-refractivity contribution in [3.05, 3.63) is 4.91 Å². The maximum atomic E-state index is 13.1. The highest BCUT2D eigenvalue weighted by Gasteiger charge is 2.35. The summed E-state index contributed by atoms with van der Waals surface area (Å²) in [6.07, 6.45) is 13.2. The number of carbonyl (C=O) groups excluding carboxylic acids is 3. The minimum absolute atomic E-state index is 0.0362. The summed E-state index contributed by atoms with van der Waals surface area (Å²) >= 11 is 0. The Labute approximate surface area is 222 Å². The molecule has 2 aliphatic rings. The zero-order valence-corrected chi connectivity index (χ0v) is 23.6. The molecule has 0 saturated heterocycles. The van der Waals surface area contributed by atoms with Gasteiger partial charge >= 0.3 is 5.97 Å². The number of hydrogen-bond acceptors (Lipinski definition) is 5. The lowest BCUT2D eigenvalue weighted by Crippen LogP contribution is -2.31. The fraction of sp³-hybridized carbons (Fsp3) is 0.867. The van der Waals surface area contributed by atoms with Crippen LogP contribution in [0.5, 0.6) is 0 Å². The van der Waals surface area contributed by atoms with Crippen molar-refractivity contribution in [2.24, 2.45) is 39.7 Å². The molecule has 0 aromatic carbocycles. The van der Waals surface area contributed by atoms with E-state index in [0.29, 0.717) is 30.8 Å². The molecule has 5 unspecified atom stereocenters. The van der Waals surface area contributed by atoms with Gasteiger partial charge in [-0.3, -0.25) is 19.2 Å². The molecule has 2 rings (SSSR count). The normalized spacial score (nSPS) is 26.5. The third-order valence-electron chi connectivity index (χ3n) is 9.52. The number of carboxylic acid groups (broad SMARTS) is 1. The second-order valence-corrected chi connectivity index (χ2v) is 12.7. The Kier molecular flexibility index (Phi) is 12.1. The molecule has 0 heterocycles. The van der Waals surface area contributed by atoms with Gasteiger partial charge in [-0.05, 0) is 77.6 Å². The van der Waals surface area contributed by atoms with E-state index in [0.717, 1.165) is 83.5 Å². The Hall–Kier alpha value is -1.92. The monoisotopic (exact) mass is 519 g/mol. The number of carboxylic acids is 1. The first-order valence-electron chi connectivity index (χ1n) is 14.6. The molecule has 210 valence electrons.